The molecule has 1 aliphatic carbocycles. The molecular formula is C13H27ClN2O2. The molecule has 0 aromatic heterocycles. The molecule has 0 aliphatic heterocycles. The quantitative estimate of drug-likeness (QED) is 0.805. The van der Waals surface area contributed by atoms with Gasteiger partial charge < -0.3 is 15.8 Å². The first kappa shape index (κ1) is 17.7. The van der Waals surface area contributed by atoms with Crippen molar-refractivity contribution >= 4 is 18.3 Å². The Bertz CT molecular complexity index is 249. The Morgan fingerprint density at radius 3 is 2.61 bits per heavy atom. The molecule has 0 heterocycles. The standard InChI is InChI=1S/C13H26N2O2.ClH/c1-9(2)12(17-3)8-15-13(16)10-5-4-6-11(14)7-10;/h9-12H,4-8,14H2,1-3H3,(H,15,16);1H. The number of nitrogens with two attached hydrogens (primary N) is 1. The van der Waals surface area contributed by atoms with E-state index in [4.69, 9.17) is 10.5 Å². The van der Waals surface area contributed by atoms with Gasteiger partial charge in [-0.05, 0) is 25.2 Å². The van der Waals surface area contributed by atoms with E-state index >= 15 is 0 Å². The Morgan fingerprint density at radius 1 is 1.44 bits per heavy atom. The number of hydrogen-bond donors (Lipinski definition) is 2. The van der Waals surface area contributed by atoms with Crippen LogP contribution in [-0.4, -0.2) is 31.7 Å². The molecule has 0 bridgehead atoms. The molecule has 0 aromatic carbocycles. The van der Waals surface area contributed by atoms with E-state index in [-0.39, 0.29) is 36.4 Å². The molecule has 108 valence electrons. The van der Waals surface area contributed by atoms with Crippen molar-refractivity contribution in [1.29, 1.82) is 0 Å². The van der Waals surface area contributed by atoms with Crippen LogP contribution in [0.25, 0.3) is 0 Å². The maximum atomic E-state index is 12.0. The van der Waals surface area contributed by atoms with Crippen molar-refractivity contribution in [1.82, 2.24) is 5.32 Å². The van der Waals surface area contributed by atoms with Crippen molar-refractivity contribution < 1.29 is 9.53 Å². The van der Waals surface area contributed by atoms with Crippen LogP contribution in [0.1, 0.15) is 39.5 Å². The summed E-state index contributed by atoms with van der Waals surface area (Å²) < 4.78 is 5.33. The van der Waals surface area contributed by atoms with E-state index in [1.165, 1.54) is 0 Å². The summed E-state index contributed by atoms with van der Waals surface area (Å²) >= 11 is 0. The third kappa shape index (κ3) is 5.55. The molecule has 3 unspecified atom stereocenters. The summed E-state index contributed by atoms with van der Waals surface area (Å²) in [5, 5.41) is 2.99. The van der Waals surface area contributed by atoms with Crippen LogP contribution in [0.4, 0.5) is 0 Å². The van der Waals surface area contributed by atoms with Crippen LogP contribution in [0.2, 0.25) is 0 Å². The number of nitrogens with one attached hydrogen (secondary N) is 1. The number of ether oxygens (including phenoxy) is 1. The SMILES string of the molecule is COC(CNC(=O)C1CCCC(N)C1)C(C)C.Cl. The maximum absolute atomic E-state index is 12.0. The van der Waals surface area contributed by atoms with Crippen molar-refractivity contribution in [3.63, 3.8) is 0 Å². The predicted octanol–water partition coefficient (Wildman–Crippen LogP) is 1.71. The van der Waals surface area contributed by atoms with Crippen molar-refractivity contribution in [3.8, 4) is 0 Å². The molecular weight excluding hydrogens is 252 g/mol. The number of rotatable bonds is 5. The van der Waals surface area contributed by atoms with Gasteiger partial charge in [-0.15, -0.1) is 12.4 Å². The lowest BCUT2D eigenvalue weighted by Gasteiger charge is -2.27. The molecule has 0 spiro atoms. The van der Waals surface area contributed by atoms with E-state index in [1.807, 2.05) is 0 Å². The van der Waals surface area contributed by atoms with Gasteiger partial charge in [0.05, 0.1) is 6.10 Å². The smallest absolute Gasteiger partial charge is 0.223 e. The first-order valence-electron chi connectivity index (χ1n) is 6.60. The van der Waals surface area contributed by atoms with Crippen LogP contribution in [-0.2, 0) is 9.53 Å². The van der Waals surface area contributed by atoms with Gasteiger partial charge >= 0.3 is 0 Å². The van der Waals surface area contributed by atoms with Gasteiger partial charge in [-0.25, -0.2) is 0 Å². The van der Waals surface area contributed by atoms with Crippen molar-refractivity contribution in [2.75, 3.05) is 13.7 Å². The van der Waals surface area contributed by atoms with E-state index in [1.54, 1.807) is 7.11 Å². The number of methoxy groups -OCH3 is 1. The Kier molecular flexibility index (Phi) is 8.57. The highest BCUT2D eigenvalue weighted by Crippen LogP contribution is 2.23. The molecule has 1 aliphatic rings. The second-order valence-corrected chi connectivity index (χ2v) is 5.39. The first-order chi connectivity index (χ1) is 8.04. The predicted molar refractivity (Wildman–Crippen MR) is 75.8 cm³/mol. The fourth-order valence-corrected chi connectivity index (χ4v) is 2.40. The van der Waals surface area contributed by atoms with E-state index in [2.05, 4.69) is 19.2 Å². The number of carbonyl (C=O) groups is 1. The van der Waals surface area contributed by atoms with Crippen LogP contribution in [0, 0.1) is 11.8 Å². The zero-order valence-corrected chi connectivity index (χ0v) is 12.5. The van der Waals surface area contributed by atoms with Crippen LogP contribution >= 0.6 is 12.4 Å². The Labute approximate surface area is 116 Å². The Morgan fingerprint density at radius 2 is 2.11 bits per heavy atom. The van der Waals surface area contributed by atoms with Gasteiger partial charge in [0.1, 0.15) is 0 Å². The van der Waals surface area contributed by atoms with Crippen molar-refractivity contribution in [3.05, 3.63) is 0 Å². The molecule has 3 N–H and O–H groups in total. The lowest BCUT2D eigenvalue weighted by molar-refractivity contribution is -0.126. The third-order valence-corrected chi connectivity index (χ3v) is 3.61. The topological polar surface area (TPSA) is 64.3 Å². The summed E-state index contributed by atoms with van der Waals surface area (Å²) in [6, 6.07) is 0.197. The second-order valence-electron chi connectivity index (χ2n) is 5.39. The molecule has 18 heavy (non-hydrogen) atoms. The average molecular weight is 279 g/mol. The lowest BCUT2D eigenvalue weighted by Crippen LogP contribution is -2.42. The monoisotopic (exact) mass is 278 g/mol. The summed E-state index contributed by atoms with van der Waals surface area (Å²) in [6.45, 7) is 4.78. The molecule has 0 radical (unpaired) electrons. The van der Waals surface area contributed by atoms with Crippen LogP contribution < -0.4 is 11.1 Å². The summed E-state index contributed by atoms with van der Waals surface area (Å²) in [4.78, 5) is 12.0. The summed E-state index contributed by atoms with van der Waals surface area (Å²) in [7, 11) is 1.69. The maximum Gasteiger partial charge on any atom is 0.223 e. The molecule has 1 amide bonds. The van der Waals surface area contributed by atoms with Gasteiger partial charge in [0, 0.05) is 25.6 Å². The normalized spacial score (nSPS) is 25.4. The zero-order valence-electron chi connectivity index (χ0n) is 11.6. The fourth-order valence-electron chi connectivity index (χ4n) is 2.40. The Balaban J connectivity index is 0.00000289. The fraction of sp³-hybridized carbons (Fsp3) is 0.923. The number of hydrogen-bond acceptors (Lipinski definition) is 3. The highest BCUT2D eigenvalue weighted by molar-refractivity contribution is 5.85. The average Bonchev–Trinajstić information content (AvgIpc) is 2.29. The minimum absolute atomic E-state index is 0. The van der Waals surface area contributed by atoms with Gasteiger partial charge in [0.2, 0.25) is 5.91 Å². The largest absolute Gasteiger partial charge is 0.379 e. The molecule has 1 rings (SSSR count). The molecule has 4 nitrogen and oxygen atoms in total. The number of carbonyl (C=O) groups excluding carboxylic acids is 1. The lowest BCUT2D eigenvalue weighted by atomic mass is 9.85. The molecule has 5 heteroatoms. The van der Waals surface area contributed by atoms with E-state index < -0.39 is 0 Å². The highest BCUT2D eigenvalue weighted by Gasteiger charge is 2.25. The van der Waals surface area contributed by atoms with Crippen LogP contribution in [0.5, 0.6) is 0 Å². The molecule has 3 atom stereocenters. The minimum atomic E-state index is 0. The molecule has 0 aromatic rings. The highest BCUT2D eigenvalue weighted by atomic mass is 35.5. The number of amides is 1. The van der Waals surface area contributed by atoms with E-state index in [0.717, 1.165) is 25.7 Å². The molecule has 1 fully saturated rings. The molecule has 0 saturated heterocycles. The van der Waals surface area contributed by atoms with Gasteiger partial charge in [-0.2, -0.15) is 0 Å². The van der Waals surface area contributed by atoms with Crippen molar-refractivity contribution in [2.45, 2.75) is 51.7 Å². The first-order valence-corrected chi connectivity index (χ1v) is 6.60. The summed E-state index contributed by atoms with van der Waals surface area (Å²) in [5.74, 6) is 0.653. The van der Waals surface area contributed by atoms with Gasteiger partial charge in [0.25, 0.3) is 0 Å². The van der Waals surface area contributed by atoms with Gasteiger partial charge in [0.15, 0.2) is 0 Å². The Hall–Kier alpha value is -0.320. The minimum Gasteiger partial charge on any atom is -0.379 e. The van der Waals surface area contributed by atoms with E-state index in [9.17, 15) is 4.79 Å². The van der Waals surface area contributed by atoms with Gasteiger partial charge in [-0.3, -0.25) is 4.79 Å². The number of halogens is 1. The van der Waals surface area contributed by atoms with Crippen LogP contribution in [0.15, 0.2) is 0 Å². The molecule has 1 saturated carbocycles. The van der Waals surface area contributed by atoms with Crippen molar-refractivity contribution in [2.24, 2.45) is 17.6 Å². The zero-order chi connectivity index (χ0) is 12.8. The van der Waals surface area contributed by atoms with Crippen LogP contribution in [0.3, 0.4) is 0 Å². The summed E-state index contributed by atoms with van der Waals surface area (Å²) in [6.07, 6.45) is 4.01. The summed E-state index contributed by atoms with van der Waals surface area (Å²) in [5.41, 5.74) is 5.89. The van der Waals surface area contributed by atoms with E-state index in [0.29, 0.717) is 12.5 Å². The van der Waals surface area contributed by atoms with Gasteiger partial charge in [-0.1, -0.05) is 20.3 Å². The second kappa shape index (κ2) is 8.73. The third-order valence-electron chi connectivity index (χ3n) is 3.61.